The first-order chi connectivity index (χ1) is 12.8. The fourth-order valence-electron chi connectivity index (χ4n) is 3.81. The molecule has 1 aliphatic carbocycles. The van der Waals surface area contributed by atoms with Crippen LogP contribution in [0.4, 0.5) is 8.78 Å². The number of nitrogens with two attached hydrogens (primary N) is 1. The molecule has 0 unspecified atom stereocenters. The molecule has 3 N–H and O–H groups in total. The Balaban J connectivity index is 1.67. The molecule has 1 aromatic carbocycles. The van der Waals surface area contributed by atoms with Gasteiger partial charge in [0.2, 0.25) is 5.91 Å². The molecule has 2 aliphatic rings. The van der Waals surface area contributed by atoms with Crippen molar-refractivity contribution in [2.45, 2.75) is 30.6 Å². The molecule has 5 nitrogen and oxygen atoms in total. The second-order valence-corrected chi connectivity index (χ2v) is 7.97. The number of allylic oxidation sites excluding steroid dienone is 2. The molecule has 0 spiro atoms. The minimum atomic E-state index is -1.11. The van der Waals surface area contributed by atoms with Crippen molar-refractivity contribution in [1.29, 1.82) is 0 Å². The van der Waals surface area contributed by atoms with Gasteiger partial charge >= 0.3 is 0 Å². The van der Waals surface area contributed by atoms with Crippen LogP contribution in [0.5, 0.6) is 0 Å². The molecule has 0 saturated heterocycles. The average molecular weight is 389 g/mol. The van der Waals surface area contributed by atoms with Crippen molar-refractivity contribution in [3.05, 3.63) is 75.6 Å². The van der Waals surface area contributed by atoms with Crippen molar-refractivity contribution in [1.82, 2.24) is 10.0 Å². The molecule has 0 fully saturated rings. The van der Waals surface area contributed by atoms with E-state index >= 15 is 0 Å². The first kappa shape index (κ1) is 17.9. The van der Waals surface area contributed by atoms with Crippen LogP contribution >= 0.6 is 11.8 Å². The highest BCUT2D eigenvalue weighted by atomic mass is 32.2. The molecule has 0 bridgehead atoms. The molecular formula is C19H17F2N3O2S. The maximum atomic E-state index is 14.1. The number of hydrogen-bond donors (Lipinski definition) is 2. The summed E-state index contributed by atoms with van der Waals surface area (Å²) in [5.41, 5.74) is 6.63. The van der Waals surface area contributed by atoms with Crippen molar-refractivity contribution >= 4 is 17.7 Å². The number of rotatable bonds is 3. The van der Waals surface area contributed by atoms with E-state index in [0.717, 1.165) is 16.2 Å². The lowest BCUT2D eigenvalue weighted by atomic mass is 9.75. The molecule has 2 aromatic rings. The normalized spacial score (nSPS) is 24.4. The van der Waals surface area contributed by atoms with Gasteiger partial charge < -0.3 is 5.73 Å². The van der Waals surface area contributed by atoms with Gasteiger partial charge in [-0.1, -0.05) is 23.9 Å². The van der Waals surface area contributed by atoms with Gasteiger partial charge in [-0.15, -0.1) is 0 Å². The first-order valence-corrected chi connectivity index (χ1v) is 9.25. The van der Waals surface area contributed by atoms with Gasteiger partial charge in [-0.2, -0.15) is 0 Å². The third-order valence-electron chi connectivity index (χ3n) is 5.26. The molecule has 140 valence electrons. The summed E-state index contributed by atoms with van der Waals surface area (Å²) in [6.07, 6.45) is 1.54. The van der Waals surface area contributed by atoms with Crippen LogP contribution in [0.2, 0.25) is 0 Å². The molecule has 1 aliphatic heterocycles. The van der Waals surface area contributed by atoms with Gasteiger partial charge in [0.15, 0.2) is 0 Å². The van der Waals surface area contributed by atoms with Gasteiger partial charge in [-0.05, 0) is 42.7 Å². The predicted octanol–water partition coefficient (Wildman–Crippen LogP) is 3.53. The first-order valence-electron chi connectivity index (χ1n) is 8.37. The van der Waals surface area contributed by atoms with Gasteiger partial charge in [-0.3, -0.25) is 15.0 Å². The minimum absolute atomic E-state index is 0.170. The summed E-state index contributed by atoms with van der Waals surface area (Å²) in [6, 6.07) is 7.39. The van der Waals surface area contributed by atoms with E-state index in [9.17, 15) is 18.8 Å². The topological polar surface area (TPSA) is 79.5 Å². The van der Waals surface area contributed by atoms with Crippen molar-refractivity contribution in [3.8, 4) is 0 Å². The van der Waals surface area contributed by atoms with Gasteiger partial charge in [0.1, 0.15) is 17.0 Å². The molecule has 1 aromatic heterocycles. The van der Waals surface area contributed by atoms with Crippen LogP contribution in [-0.2, 0) is 10.2 Å². The molecular weight excluding hydrogens is 372 g/mol. The number of hydroxylamine groups is 2. The summed E-state index contributed by atoms with van der Waals surface area (Å²) in [6.45, 7) is 1.62. The average Bonchev–Trinajstić information content (AvgIpc) is 3.15. The molecule has 27 heavy (non-hydrogen) atoms. The van der Waals surface area contributed by atoms with Gasteiger partial charge in [0.05, 0.1) is 23.0 Å². The van der Waals surface area contributed by atoms with Crippen molar-refractivity contribution in [3.63, 3.8) is 0 Å². The molecule has 4 rings (SSSR count). The van der Waals surface area contributed by atoms with E-state index < -0.39 is 28.3 Å². The van der Waals surface area contributed by atoms with Crippen LogP contribution in [-0.4, -0.2) is 21.2 Å². The molecule has 8 heteroatoms. The summed E-state index contributed by atoms with van der Waals surface area (Å²) in [4.78, 5) is 17.3. The van der Waals surface area contributed by atoms with E-state index in [4.69, 9.17) is 5.73 Å². The standard InChI is InChI=1S/C19H17F2N3O2S/c1-10-12(3-2-4-13(10)21)19(18(22)25)7-15-16(8-19)27-17(24(15)26)14-6-5-11(20)9-23-14/h2-6,9,17,26H,7-8H2,1H3,(H2,22,25)/t17-,19-/m1/s1. The zero-order chi connectivity index (χ0) is 19.3. The highest BCUT2D eigenvalue weighted by Gasteiger charge is 2.52. The zero-order valence-corrected chi connectivity index (χ0v) is 15.3. The Kier molecular flexibility index (Phi) is 4.20. The summed E-state index contributed by atoms with van der Waals surface area (Å²) in [7, 11) is 0. The maximum Gasteiger partial charge on any atom is 0.228 e. The largest absolute Gasteiger partial charge is 0.369 e. The van der Waals surface area contributed by atoms with E-state index in [1.807, 2.05) is 0 Å². The predicted molar refractivity (Wildman–Crippen MR) is 96.4 cm³/mol. The Bertz CT molecular complexity index is 964. The van der Waals surface area contributed by atoms with Gasteiger partial charge in [-0.25, -0.2) is 13.8 Å². The fraction of sp³-hybridized carbons (Fsp3) is 0.263. The van der Waals surface area contributed by atoms with Crippen LogP contribution in [0.15, 0.2) is 47.1 Å². The number of hydrogen-bond acceptors (Lipinski definition) is 5. The lowest BCUT2D eigenvalue weighted by Crippen LogP contribution is -2.41. The molecule has 0 saturated carbocycles. The SMILES string of the molecule is Cc1c(F)cccc1[C@]1(C(N)=O)CC2=C(C1)N(O)[C@@H](c1ccc(F)cn1)S2. The highest BCUT2D eigenvalue weighted by Crippen LogP contribution is 2.58. The number of primary amides is 1. The second kappa shape index (κ2) is 6.31. The number of aromatic nitrogens is 1. The van der Waals surface area contributed by atoms with E-state index in [-0.39, 0.29) is 12.8 Å². The number of nitrogens with zero attached hydrogens (tertiary/aromatic N) is 2. The Hall–Kier alpha value is -2.45. The minimum Gasteiger partial charge on any atom is -0.369 e. The summed E-state index contributed by atoms with van der Waals surface area (Å²) >= 11 is 1.34. The number of carbonyl (C=O) groups is 1. The molecule has 0 radical (unpaired) electrons. The number of pyridine rings is 1. The van der Waals surface area contributed by atoms with Crippen molar-refractivity contribution in [2.75, 3.05) is 0 Å². The van der Waals surface area contributed by atoms with E-state index in [0.29, 0.717) is 22.5 Å². The molecule has 2 atom stereocenters. The lowest BCUT2D eigenvalue weighted by Gasteiger charge is -2.32. The van der Waals surface area contributed by atoms with E-state index in [1.165, 1.54) is 30.0 Å². The number of benzene rings is 1. The van der Waals surface area contributed by atoms with E-state index in [2.05, 4.69) is 4.98 Å². The Labute approximate surface area is 158 Å². The maximum absolute atomic E-state index is 14.1. The number of amides is 1. The summed E-state index contributed by atoms with van der Waals surface area (Å²) in [5, 5.41) is 11.2. The third kappa shape index (κ3) is 2.71. The second-order valence-electron chi connectivity index (χ2n) is 6.80. The van der Waals surface area contributed by atoms with Crippen molar-refractivity contribution < 1.29 is 18.8 Å². The molecule has 2 heterocycles. The lowest BCUT2D eigenvalue weighted by molar-refractivity contribution is -0.124. The Morgan fingerprint density at radius 1 is 1.33 bits per heavy atom. The molecule has 1 amide bonds. The van der Waals surface area contributed by atoms with Crippen LogP contribution < -0.4 is 5.73 Å². The van der Waals surface area contributed by atoms with Crippen LogP contribution in [0, 0.1) is 18.6 Å². The van der Waals surface area contributed by atoms with Gasteiger partial charge in [0, 0.05) is 11.3 Å². The monoisotopic (exact) mass is 389 g/mol. The van der Waals surface area contributed by atoms with Gasteiger partial charge in [0.25, 0.3) is 0 Å². The summed E-state index contributed by atoms with van der Waals surface area (Å²) < 4.78 is 27.2. The number of carbonyl (C=O) groups excluding carboxylic acids is 1. The quantitative estimate of drug-likeness (QED) is 0.840. The van der Waals surface area contributed by atoms with Crippen LogP contribution in [0.25, 0.3) is 0 Å². The highest BCUT2D eigenvalue weighted by molar-refractivity contribution is 8.03. The van der Waals surface area contributed by atoms with Crippen LogP contribution in [0.3, 0.4) is 0 Å². The number of halogens is 2. The Morgan fingerprint density at radius 3 is 2.74 bits per heavy atom. The number of thioether (sulfide) groups is 1. The fourth-order valence-corrected chi connectivity index (χ4v) is 5.20. The van der Waals surface area contributed by atoms with Crippen LogP contribution in [0.1, 0.15) is 35.0 Å². The smallest absolute Gasteiger partial charge is 0.228 e. The Morgan fingerprint density at radius 2 is 2.11 bits per heavy atom. The zero-order valence-electron chi connectivity index (χ0n) is 14.4. The summed E-state index contributed by atoms with van der Waals surface area (Å²) in [5.74, 6) is -1.42. The van der Waals surface area contributed by atoms with E-state index in [1.54, 1.807) is 19.1 Å². The third-order valence-corrected chi connectivity index (χ3v) is 6.59. The van der Waals surface area contributed by atoms with Crippen molar-refractivity contribution in [2.24, 2.45) is 5.73 Å².